The summed E-state index contributed by atoms with van der Waals surface area (Å²) in [5.74, 6) is 0.158. The number of hydrogen-bond donors (Lipinski definition) is 0. The van der Waals surface area contributed by atoms with E-state index in [1.54, 1.807) is 12.1 Å². The lowest BCUT2D eigenvalue weighted by Crippen LogP contribution is -1.90. The van der Waals surface area contributed by atoms with Crippen LogP contribution in [0.4, 0.5) is 0 Å². The van der Waals surface area contributed by atoms with E-state index in [-0.39, 0.29) is 41.1 Å². The molecule has 1 nitrogen and oxygen atoms in total. The lowest BCUT2D eigenvalue weighted by molar-refractivity contribution is 0.631. The van der Waals surface area contributed by atoms with Gasteiger partial charge in [0, 0.05) is 10.9 Å². The molecule has 164 valence electrons. The fourth-order valence-electron chi connectivity index (χ4n) is 4.78. The highest BCUT2D eigenvalue weighted by molar-refractivity contribution is 6.21. The molecule has 0 saturated carbocycles. The zero-order chi connectivity index (χ0) is 31.9. The van der Waals surface area contributed by atoms with Gasteiger partial charge in [0.1, 0.15) is 11.3 Å². The Hall–Kier alpha value is -4.62. The lowest BCUT2D eigenvalue weighted by atomic mass is 9.86. The highest BCUT2D eigenvalue weighted by atomic mass is 16.3. The van der Waals surface area contributed by atoms with E-state index in [1.807, 2.05) is 60.7 Å². The summed E-state index contributed by atoms with van der Waals surface area (Å²) in [5, 5.41) is 3.73. The quantitative estimate of drug-likeness (QED) is 0.241. The van der Waals surface area contributed by atoms with Gasteiger partial charge in [-0.2, -0.15) is 0 Å². The predicted molar refractivity (Wildman–Crippen MR) is 148 cm³/mol. The largest absolute Gasteiger partial charge is 0.456 e. The van der Waals surface area contributed by atoms with Crippen LogP contribution in [0.5, 0.6) is 0 Å². The monoisotopic (exact) mass is 456 g/mol. The number of rotatable bonds is 3. The highest BCUT2D eigenvalue weighted by Gasteiger charge is 2.17. The minimum absolute atomic E-state index is 0.0161. The standard InChI is InChI=1S/C34H22O/c1-3-11-23(12-4-1)32-22-26-21-25(19-20-31(26)35-32)34-29-17-9-7-15-27(29)33(24-13-5-2-6-14-24)28-16-8-10-18-30(28)34/h1-22H/i1D,2D,3D,4D,5D,6D,11D,12D,13D,14D. The van der Waals surface area contributed by atoms with Gasteiger partial charge in [0.05, 0.1) is 13.7 Å². The Morgan fingerprint density at radius 3 is 1.57 bits per heavy atom. The van der Waals surface area contributed by atoms with Gasteiger partial charge in [-0.05, 0) is 62.0 Å². The van der Waals surface area contributed by atoms with Crippen LogP contribution in [0.3, 0.4) is 0 Å². The molecule has 1 heterocycles. The van der Waals surface area contributed by atoms with Crippen molar-refractivity contribution in [3.8, 4) is 33.6 Å². The van der Waals surface area contributed by atoms with Crippen molar-refractivity contribution < 1.29 is 18.1 Å². The van der Waals surface area contributed by atoms with Gasteiger partial charge >= 0.3 is 0 Å². The van der Waals surface area contributed by atoms with Crippen molar-refractivity contribution in [1.82, 2.24) is 0 Å². The van der Waals surface area contributed by atoms with Gasteiger partial charge in [-0.15, -0.1) is 0 Å². The normalized spacial score (nSPS) is 15.4. The van der Waals surface area contributed by atoms with E-state index in [0.717, 1.165) is 32.7 Å². The molecule has 0 radical (unpaired) electrons. The van der Waals surface area contributed by atoms with Crippen LogP contribution in [0.2, 0.25) is 0 Å². The van der Waals surface area contributed by atoms with Crippen LogP contribution in [0.15, 0.2) is 138 Å². The van der Waals surface area contributed by atoms with Gasteiger partial charge < -0.3 is 4.42 Å². The molecule has 0 aliphatic carbocycles. The van der Waals surface area contributed by atoms with Crippen molar-refractivity contribution >= 4 is 32.5 Å². The average molecular weight is 457 g/mol. The SMILES string of the molecule is [2H]c1c([2H])c([2H])c(-c2cc3cc(-c4c5ccccc5c(-c5c([2H])c([2H])c([2H])c([2H])c5[2H])c5ccccc45)ccc3o2)c([2H])c1[2H]. The molecule has 0 saturated heterocycles. The van der Waals surface area contributed by atoms with Crippen LogP contribution < -0.4 is 0 Å². The van der Waals surface area contributed by atoms with Crippen LogP contribution in [0.25, 0.3) is 66.1 Å². The van der Waals surface area contributed by atoms with E-state index in [1.165, 1.54) is 0 Å². The van der Waals surface area contributed by atoms with Crippen molar-refractivity contribution in [1.29, 1.82) is 0 Å². The number of benzene rings is 6. The van der Waals surface area contributed by atoms with Crippen LogP contribution in [-0.4, -0.2) is 0 Å². The maximum atomic E-state index is 8.73. The molecule has 0 aliphatic rings. The van der Waals surface area contributed by atoms with Crippen molar-refractivity contribution in [3.63, 3.8) is 0 Å². The Kier molecular flexibility index (Phi) is 2.79. The lowest BCUT2D eigenvalue weighted by Gasteiger charge is -2.17. The van der Waals surface area contributed by atoms with Crippen LogP contribution in [0.1, 0.15) is 13.7 Å². The first kappa shape index (κ1) is 12.2. The van der Waals surface area contributed by atoms with Crippen molar-refractivity contribution in [2.75, 3.05) is 0 Å². The van der Waals surface area contributed by atoms with E-state index in [9.17, 15) is 0 Å². The topological polar surface area (TPSA) is 13.1 Å². The molecule has 0 fully saturated rings. The second-order valence-electron chi connectivity index (χ2n) is 8.20. The summed E-state index contributed by atoms with van der Waals surface area (Å²) in [6.45, 7) is 0. The second-order valence-corrected chi connectivity index (χ2v) is 8.20. The van der Waals surface area contributed by atoms with Crippen LogP contribution in [-0.2, 0) is 0 Å². The Balaban J connectivity index is 1.52. The van der Waals surface area contributed by atoms with E-state index in [2.05, 4.69) is 0 Å². The first-order chi connectivity index (χ1) is 21.5. The van der Waals surface area contributed by atoms with E-state index < -0.39 is 36.3 Å². The molecule has 0 unspecified atom stereocenters. The summed E-state index contributed by atoms with van der Waals surface area (Å²) < 4.78 is 88.9. The molecule has 1 aromatic heterocycles. The van der Waals surface area contributed by atoms with Crippen molar-refractivity contribution in [2.24, 2.45) is 0 Å². The molecule has 0 bridgehead atoms. The van der Waals surface area contributed by atoms with Crippen LogP contribution in [0, 0.1) is 0 Å². The van der Waals surface area contributed by atoms with Gasteiger partial charge in [-0.1, -0.05) is 115 Å². The molecule has 6 aromatic carbocycles. The summed E-state index contributed by atoms with van der Waals surface area (Å²) in [6.07, 6.45) is 0. The molecule has 0 N–H and O–H groups in total. The molecule has 0 atom stereocenters. The van der Waals surface area contributed by atoms with E-state index in [4.69, 9.17) is 18.1 Å². The number of fused-ring (bicyclic) bond motifs is 3. The van der Waals surface area contributed by atoms with Crippen LogP contribution >= 0.6 is 0 Å². The molecule has 0 spiro atoms. The summed E-state index contributed by atoms with van der Waals surface area (Å²) in [7, 11) is 0. The zero-order valence-electron chi connectivity index (χ0n) is 28.3. The third kappa shape index (κ3) is 3.25. The Morgan fingerprint density at radius 1 is 0.486 bits per heavy atom. The Labute approximate surface area is 217 Å². The van der Waals surface area contributed by atoms with Crippen molar-refractivity contribution in [3.05, 3.63) is 133 Å². The minimum atomic E-state index is -0.474. The number of furan rings is 1. The summed E-state index contributed by atoms with van der Waals surface area (Å²) in [6, 6.07) is 18.5. The maximum Gasteiger partial charge on any atom is 0.135 e. The zero-order valence-corrected chi connectivity index (χ0v) is 18.3. The first-order valence-electron chi connectivity index (χ1n) is 16.1. The van der Waals surface area contributed by atoms with Gasteiger partial charge in [0.15, 0.2) is 0 Å². The molecule has 0 amide bonds. The second kappa shape index (κ2) is 8.00. The molecule has 35 heavy (non-hydrogen) atoms. The van der Waals surface area contributed by atoms with Crippen molar-refractivity contribution in [2.45, 2.75) is 0 Å². The average Bonchev–Trinajstić information content (AvgIpc) is 3.47. The molecule has 0 aliphatic heterocycles. The summed E-state index contributed by atoms with van der Waals surface area (Å²) >= 11 is 0. The fourth-order valence-corrected chi connectivity index (χ4v) is 4.78. The number of hydrogen-bond acceptors (Lipinski definition) is 1. The van der Waals surface area contributed by atoms with E-state index >= 15 is 0 Å². The molecule has 7 rings (SSSR count). The molecule has 1 heteroatoms. The van der Waals surface area contributed by atoms with Gasteiger partial charge in [0.2, 0.25) is 0 Å². The van der Waals surface area contributed by atoms with E-state index in [0.29, 0.717) is 16.5 Å². The third-order valence-electron chi connectivity index (χ3n) is 6.23. The predicted octanol–water partition coefficient (Wildman–Crippen LogP) is 9.74. The van der Waals surface area contributed by atoms with Gasteiger partial charge in [-0.3, -0.25) is 0 Å². The minimum Gasteiger partial charge on any atom is -0.456 e. The maximum absolute atomic E-state index is 8.73. The Morgan fingerprint density at radius 2 is 1.00 bits per heavy atom. The first-order valence-corrected chi connectivity index (χ1v) is 11.1. The fraction of sp³-hybridized carbons (Fsp3) is 0. The summed E-state index contributed by atoms with van der Waals surface area (Å²) in [4.78, 5) is 0. The molecular formula is C34H22O. The van der Waals surface area contributed by atoms with Gasteiger partial charge in [0.25, 0.3) is 0 Å². The smallest absolute Gasteiger partial charge is 0.135 e. The third-order valence-corrected chi connectivity index (χ3v) is 6.23. The molecular weight excluding hydrogens is 424 g/mol. The Bertz CT molecular complexity index is 2280. The highest BCUT2D eigenvalue weighted by Crippen LogP contribution is 2.44. The summed E-state index contributed by atoms with van der Waals surface area (Å²) in [5.41, 5.74) is 2.83. The van der Waals surface area contributed by atoms with Gasteiger partial charge in [-0.25, -0.2) is 0 Å². The molecule has 7 aromatic rings.